The van der Waals surface area contributed by atoms with Gasteiger partial charge in [-0.3, -0.25) is 4.79 Å². The first kappa shape index (κ1) is 36.8. The first-order valence-electron chi connectivity index (χ1n) is 18.2. The molecule has 254 valence electrons. The fourth-order valence-electron chi connectivity index (χ4n) is 8.72. The van der Waals surface area contributed by atoms with Crippen molar-refractivity contribution in [3.63, 3.8) is 0 Å². The maximum absolute atomic E-state index is 12.2. The van der Waals surface area contributed by atoms with E-state index in [1.54, 1.807) is 5.57 Å². The molecule has 4 aliphatic carbocycles. The second-order valence-electron chi connectivity index (χ2n) is 18.8. The number of allylic oxidation sites excluding steroid dienone is 4. The summed E-state index contributed by atoms with van der Waals surface area (Å²) >= 11 is 0. The van der Waals surface area contributed by atoms with Gasteiger partial charge in [-0.2, -0.15) is 0 Å². The van der Waals surface area contributed by atoms with Crippen LogP contribution in [0.1, 0.15) is 120 Å². The summed E-state index contributed by atoms with van der Waals surface area (Å²) in [5.74, 6) is 2.71. The van der Waals surface area contributed by atoms with Crippen molar-refractivity contribution in [2.75, 3.05) is 0 Å². The number of carbonyl (C=O) groups is 1. The van der Waals surface area contributed by atoms with Crippen molar-refractivity contribution in [3.8, 4) is 0 Å². The standard InChI is InChI=1S/C40H68O3Si2/c1-27(24-31-19-22-36(41)28(31)2)34-20-21-35-30(16-15-23-40(34,35)10)17-18-32-25-33(42-44(11,12)38(4,5)6)26-37(29(32)3)43-45(13,14)39(7,8)9/h17-18,27,31,33-35,37H,2-3,15-16,19-26H2,1,4-14H3/b30-17+,32-18-/t27-,31?,33-,34-,35?,37+,40-/m1/s1. The number of hydrogen-bond acceptors (Lipinski definition) is 3. The molecule has 0 spiro atoms. The van der Waals surface area contributed by atoms with Gasteiger partial charge in [-0.25, -0.2) is 0 Å². The highest BCUT2D eigenvalue weighted by molar-refractivity contribution is 6.74. The maximum Gasteiger partial charge on any atom is 0.192 e. The molecule has 4 rings (SSSR count). The van der Waals surface area contributed by atoms with Crippen molar-refractivity contribution < 1.29 is 13.6 Å². The van der Waals surface area contributed by atoms with Gasteiger partial charge in [-0.1, -0.05) is 86.3 Å². The average molecular weight is 653 g/mol. The first-order chi connectivity index (χ1) is 20.6. The van der Waals surface area contributed by atoms with Crippen LogP contribution in [-0.2, 0) is 13.6 Å². The molecule has 45 heavy (non-hydrogen) atoms. The Morgan fingerprint density at radius 3 is 2.11 bits per heavy atom. The molecule has 0 aromatic carbocycles. The van der Waals surface area contributed by atoms with Crippen LogP contribution in [0.3, 0.4) is 0 Å². The van der Waals surface area contributed by atoms with Crippen LogP contribution in [0.15, 0.2) is 47.6 Å². The van der Waals surface area contributed by atoms with Crippen LogP contribution in [0.4, 0.5) is 0 Å². The fraction of sp³-hybridized carbons (Fsp3) is 0.775. The van der Waals surface area contributed by atoms with Crippen LogP contribution in [0, 0.1) is 29.1 Å². The van der Waals surface area contributed by atoms with Gasteiger partial charge in [0.2, 0.25) is 0 Å². The normalized spacial score (nSPS) is 34.6. The Morgan fingerprint density at radius 1 is 0.911 bits per heavy atom. The maximum atomic E-state index is 12.2. The van der Waals surface area contributed by atoms with Gasteiger partial charge in [-0.05, 0) is 133 Å². The Morgan fingerprint density at radius 2 is 1.53 bits per heavy atom. The molecule has 0 saturated heterocycles. The quantitative estimate of drug-likeness (QED) is 0.193. The highest BCUT2D eigenvalue weighted by Crippen LogP contribution is 2.60. The van der Waals surface area contributed by atoms with Gasteiger partial charge in [0.25, 0.3) is 0 Å². The lowest BCUT2D eigenvalue weighted by atomic mass is 9.60. The number of Topliss-reactive ketones (excluding diaryl/α,β-unsaturated/α-hetero) is 1. The van der Waals surface area contributed by atoms with Crippen molar-refractivity contribution >= 4 is 22.4 Å². The Kier molecular flexibility index (Phi) is 10.7. The minimum Gasteiger partial charge on any atom is -0.413 e. The molecule has 3 nitrogen and oxygen atoms in total. The third-order valence-electron chi connectivity index (χ3n) is 13.7. The monoisotopic (exact) mass is 652 g/mol. The summed E-state index contributed by atoms with van der Waals surface area (Å²) in [6, 6.07) is 0. The van der Waals surface area contributed by atoms with Crippen molar-refractivity contribution in [1.29, 1.82) is 0 Å². The van der Waals surface area contributed by atoms with Gasteiger partial charge in [0.1, 0.15) is 0 Å². The second-order valence-corrected chi connectivity index (χ2v) is 28.3. The van der Waals surface area contributed by atoms with Gasteiger partial charge in [0.05, 0.1) is 12.2 Å². The van der Waals surface area contributed by atoms with Crippen LogP contribution in [0.25, 0.3) is 0 Å². The van der Waals surface area contributed by atoms with Gasteiger partial charge < -0.3 is 8.85 Å². The van der Waals surface area contributed by atoms with Crippen LogP contribution < -0.4 is 0 Å². The third kappa shape index (κ3) is 7.68. The lowest BCUT2D eigenvalue weighted by Gasteiger charge is -2.46. The summed E-state index contributed by atoms with van der Waals surface area (Å²) < 4.78 is 14.2. The Labute approximate surface area is 280 Å². The number of fused-ring (bicyclic) bond motifs is 1. The third-order valence-corrected chi connectivity index (χ3v) is 22.7. The van der Waals surface area contributed by atoms with Crippen molar-refractivity contribution in [2.45, 2.75) is 168 Å². The second kappa shape index (κ2) is 13.1. The highest BCUT2D eigenvalue weighted by atomic mass is 28.4. The zero-order valence-corrected chi connectivity index (χ0v) is 33.3. The molecular weight excluding hydrogens is 585 g/mol. The first-order valence-corrected chi connectivity index (χ1v) is 24.1. The summed E-state index contributed by atoms with van der Waals surface area (Å²) in [6.07, 6.45) is 16.2. The Hall–Kier alpha value is -1.02. The Bertz CT molecular complexity index is 1210. The van der Waals surface area contributed by atoms with E-state index in [9.17, 15) is 4.79 Å². The number of carbonyl (C=O) groups excluding carboxylic acids is 1. The van der Waals surface area contributed by atoms with Crippen molar-refractivity contribution in [3.05, 3.63) is 47.6 Å². The molecule has 7 atom stereocenters. The molecular formula is C40H68O3Si2. The zero-order valence-electron chi connectivity index (χ0n) is 31.3. The molecule has 0 bridgehead atoms. The molecule has 0 N–H and O–H groups in total. The van der Waals surface area contributed by atoms with E-state index < -0.39 is 16.6 Å². The van der Waals surface area contributed by atoms with Crippen molar-refractivity contribution in [1.82, 2.24) is 0 Å². The summed E-state index contributed by atoms with van der Waals surface area (Å²) in [6.45, 7) is 37.4. The van der Waals surface area contributed by atoms with E-state index in [1.807, 2.05) is 0 Å². The molecule has 4 saturated carbocycles. The topological polar surface area (TPSA) is 35.5 Å². The van der Waals surface area contributed by atoms with Gasteiger partial charge in [-0.15, -0.1) is 0 Å². The lowest BCUT2D eigenvalue weighted by molar-refractivity contribution is -0.114. The van der Waals surface area contributed by atoms with Gasteiger partial charge in [0, 0.05) is 12.8 Å². The molecule has 0 aromatic rings. The molecule has 0 aromatic heterocycles. The number of ketones is 1. The summed E-state index contributed by atoms with van der Waals surface area (Å²) in [7, 11) is -3.92. The average Bonchev–Trinajstić information content (AvgIpc) is 3.42. The minimum atomic E-state index is -1.98. The summed E-state index contributed by atoms with van der Waals surface area (Å²) in [4.78, 5) is 12.2. The molecule has 5 heteroatoms. The van der Waals surface area contributed by atoms with E-state index in [0.717, 1.165) is 37.2 Å². The van der Waals surface area contributed by atoms with E-state index in [-0.39, 0.29) is 22.3 Å². The van der Waals surface area contributed by atoms with Crippen LogP contribution in [0.5, 0.6) is 0 Å². The van der Waals surface area contributed by atoms with E-state index in [1.165, 1.54) is 43.3 Å². The van der Waals surface area contributed by atoms with E-state index in [4.69, 9.17) is 8.85 Å². The minimum absolute atomic E-state index is 0.0182. The molecule has 2 unspecified atom stereocenters. The summed E-state index contributed by atoms with van der Waals surface area (Å²) in [5.41, 5.74) is 5.40. The molecule has 0 aliphatic heterocycles. The highest BCUT2D eigenvalue weighted by Gasteiger charge is 2.51. The SMILES string of the molecule is C=C1C(=O)CCC1C[C@@H](C)[C@H]1CCC2/C(=C/C=C3/C[C@@H](O[Si](C)(C)C(C)(C)C)C[C@H](O[Si](C)(C)C(C)(C)C)C3=C)CCC[C@@]21C. The molecule has 0 heterocycles. The molecule has 0 radical (unpaired) electrons. The van der Waals surface area contributed by atoms with E-state index >= 15 is 0 Å². The van der Waals surface area contributed by atoms with Gasteiger partial charge in [0.15, 0.2) is 22.4 Å². The zero-order chi connectivity index (χ0) is 33.8. The number of rotatable bonds is 8. The molecule has 4 fully saturated rings. The number of hydrogen-bond donors (Lipinski definition) is 0. The lowest BCUT2D eigenvalue weighted by Crippen LogP contribution is -2.49. The predicted molar refractivity (Wildman–Crippen MR) is 198 cm³/mol. The van der Waals surface area contributed by atoms with Crippen LogP contribution in [-0.4, -0.2) is 34.6 Å². The Balaban J connectivity index is 1.58. The predicted octanol–water partition coefficient (Wildman–Crippen LogP) is 11.7. The van der Waals surface area contributed by atoms with E-state index in [2.05, 4.69) is 107 Å². The van der Waals surface area contributed by atoms with Crippen LogP contribution in [0.2, 0.25) is 36.3 Å². The molecule has 4 aliphatic rings. The smallest absolute Gasteiger partial charge is 0.192 e. The molecule has 0 amide bonds. The van der Waals surface area contributed by atoms with E-state index in [0.29, 0.717) is 35.4 Å². The van der Waals surface area contributed by atoms with Gasteiger partial charge >= 0.3 is 0 Å². The summed E-state index contributed by atoms with van der Waals surface area (Å²) in [5, 5.41) is 0.321. The van der Waals surface area contributed by atoms with Crippen molar-refractivity contribution in [2.24, 2.45) is 29.1 Å². The largest absolute Gasteiger partial charge is 0.413 e. The fourth-order valence-corrected chi connectivity index (χ4v) is 11.4. The van der Waals surface area contributed by atoms with Crippen LogP contribution >= 0.6 is 0 Å².